The van der Waals surface area contributed by atoms with Crippen LogP contribution in [0, 0.1) is 6.92 Å². The number of hydrogen-bond donors (Lipinski definition) is 0. The Hall–Kier alpha value is -2.57. The largest absolute Gasteiger partial charge is 0.326 e. The van der Waals surface area contributed by atoms with Crippen molar-refractivity contribution in [2.24, 2.45) is 0 Å². The monoisotopic (exact) mass is 428 g/mol. The maximum absolute atomic E-state index is 13.3. The van der Waals surface area contributed by atoms with Crippen molar-refractivity contribution in [3.63, 3.8) is 0 Å². The third kappa shape index (κ3) is 2.90. The van der Waals surface area contributed by atoms with Gasteiger partial charge in [-0.15, -0.1) is 0 Å². The van der Waals surface area contributed by atoms with E-state index in [4.69, 9.17) is 23.2 Å². The molecule has 2 atom stereocenters. The minimum atomic E-state index is -0.175. The van der Waals surface area contributed by atoms with E-state index < -0.39 is 0 Å². The number of pyridine rings is 1. The highest BCUT2D eigenvalue weighted by Gasteiger charge is 2.42. The van der Waals surface area contributed by atoms with Gasteiger partial charge in [0.1, 0.15) is 11.4 Å². The summed E-state index contributed by atoms with van der Waals surface area (Å²) in [4.78, 5) is 32.5. The topological polar surface area (TPSA) is 60.1 Å². The fraction of sp³-hybridized carbons (Fsp3) is 0.286. The van der Waals surface area contributed by atoms with E-state index in [1.165, 1.54) is 0 Å². The molecule has 0 saturated carbocycles. The van der Waals surface area contributed by atoms with Crippen LogP contribution in [-0.2, 0) is 6.54 Å². The fourth-order valence-electron chi connectivity index (χ4n) is 4.44. The third-order valence-electron chi connectivity index (χ3n) is 5.82. The Bertz CT molecular complexity index is 1200. The van der Waals surface area contributed by atoms with Crippen molar-refractivity contribution in [3.8, 4) is 5.69 Å². The Morgan fingerprint density at radius 2 is 1.90 bits per heavy atom. The lowest BCUT2D eigenvalue weighted by molar-refractivity contribution is 0.0583. The Morgan fingerprint density at radius 1 is 1.07 bits per heavy atom. The summed E-state index contributed by atoms with van der Waals surface area (Å²) in [6, 6.07) is 8.84. The van der Waals surface area contributed by atoms with E-state index in [-0.39, 0.29) is 23.6 Å². The van der Waals surface area contributed by atoms with Gasteiger partial charge in [-0.25, -0.2) is 4.98 Å². The molecule has 2 aromatic heterocycles. The lowest BCUT2D eigenvalue weighted by Gasteiger charge is -2.36. The first-order valence-electron chi connectivity index (χ1n) is 9.46. The number of fused-ring (bicyclic) bond motifs is 2. The standard InChI is InChI=1S/C21H18Cl2N4O2/c1-12-9-25(11-24-12)18-6-7-19-21(29)27-14(10-26(19)20(18)28)3-5-17(27)13-2-4-15(22)16(23)8-13/h2,4,6-9,11,14,17H,3,5,10H2,1H3/t14-,17-/m1/s1. The first kappa shape index (κ1) is 18.5. The second-order valence-electron chi connectivity index (χ2n) is 7.57. The highest BCUT2D eigenvalue weighted by Crippen LogP contribution is 2.41. The molecule has 0 bridgehead atoms. The molecule has 0 unspecified atom stereocenters. The molecular weight excluding hydrogens is 411 g/mol. The normalized spacial score (nSPS) is 20.7. The molecule has 1 amide bonds. The smallest absolute Gasteiger partial charge is 0.275 e. The number of halogens is 2. The summed E-state index contributed by atoms with van der Waals surface area (Å²) >= 11 is 12.2. The molecule has 29 heavy (non-hydrogen) atoms. The fourth-order valence-corrected chi connectivity index (χ4v) is 4.75. The molecule has 4 heterocycles. The van der Waals surface area contributed by atoms with Gasteiger partial charge < -0.3 is 14.0 Å². The van der Waals surface area contributed by atoms with E-state index in [1.807, 2.05) is 24.0 Å². The van der Waals surface area contributed by atoms with E-state index in [0.717, 1.165) is 24.1 Å². The Morgan fingerprint density at radius 3 is 2.62 bits per heavy atom. The molecule has 0 aliphatic carbocycles. The Kier molecular flexibility index (Phi) is 4.29. The van der Waals surface area contributed by atoms with Gasteiger partial charge in [-0.2, -0.15) is 0 Å². The van der Waals surface area contributed by atoms with Crippen LogP contribution < -0.4 is 5.56 Å². The van der Waals surface area contributed by atoms with Crippen LogP contribution in [0.15, 0.2) is 47.7 Å². The molecule has 1 saturated heterocycles. The Balaban J connectivity index is 1.54. The minimum Gasteiger partial charge on any atom is -0.326 e. The van der Waals surface area contributed by atoms with Crippen LogP contribution in [0.5, 0.6) is 0 Å². The summed E-state index contributed by atoms with van der Waals surface area (Å²) < 4.78 is 3.31. The Labute approximate surface area is 177 Å². The minimum absolute atomic E-state index is 0.0214. The summed E-state index contributed by atoms with van der Waals surface area (Å²) in [6.45, 7) is 2.36. The highest BCUT2D eigenvalue weighted by molar-refractivity contribution is 6.42. The number of rotatable bonds is 2. The molecule has 2 aliphatic heterocycles. The molecule has 1 fully saturated rings. The average molecular weight is 429 g/mol. The van der Waals surface area contributed by atoms with Crippen molar-refractivity contribution >= 4 is 29.1 Å². The van der Waals surface area contributed by atoms with Gasteiger partial charge in [-0.05, 0) is 49.6 Å². The van der Waals surface area contributed by atoms with Crippen molar-refractivity contribution < 1.29 is 4.79 Å². The van der Waals surface area contributed by atoms with Gasteiger partial charge in [0.05, 0.1) is 34.2 Å². The maximum atomic E-state index is 13.3. The van der Waals surface area contributed by atoms with Crippen LogP contribution in [0.4, 0.5) is 0 Å². The van der Waals surface area contributed by atoms with Crippen molar-refractivity contribution in [2.75, 3.05) is 0 Å². The van der Waals surface area contributed by atoms with Gasteiger partial charge in [0.25, 0.3) is 11.5 Å². The molecule has 5 rings (SSSR count). The number of nitrogens with zero attached hydrogens (tertiary/aromatic N) is 4. The summed E-state index contributed by atoms with van der Waals surface area (Å²) in [6.07, 6.45) is 5.07. The third-order valence-corrected chi connectivity index (χ3v) is 6.56. The van der Waals surface area contributed by atoms with Crippen LogP contribution >= 0.6 is 23.2 Å². The van der Waals surface area contributed by atoms with E-state index in [2.05, 4.69) is 4.98 Å². The maximum Gasteiger partial charge on any atom is 0.275 e. The van der Waals surface area contributed by atoms with Crippen molar-refractivity contribution in [1.82, 2.24) is 19.0 Å². The van der Waals surface area contributed by atoms with E-state index >= 15 is 0 Å². The van der Waals surface area contributed by atoms with Crippen LogP contribution in [0.2, 0.25) is 10.0 Å². The summed E-state index contributed by atoms with van der Waals surface area (Å²) in [5, 5.41) is 0.975. The van der Waals surface area contributed by atoms with Gasteiger partial charge >= 0.3 is 0 Å². The molecular formula is C21H18Cl2N4O2. The lowest BCUT2D eigenvalue weighted by Crippen LogP contribution is -2.49. The molecule has 1 aromatic carbocycles. The zero-order chi connectivity index (χ0) is 20.3. The first-order chi connectivity index (χ1) is 13.9. The number of imidazole rings is 1. The SMILES string of the molecule is Cc1cn(-c2ccc3n(c2=O)C[C@H]2CC[C@H](c4ccc(Cl)c(Cl)c4)N2C3=O)cn1. The molecule has 8 heteroatoms. The van der Waals surface area contributed by atoms with Crippen LogP contribution in [0.1, 0.15) is 40.6 Å². The molecule has 0 radical (unpaired) electrons. The lowest BCUT2D eigenvalue weighted by atomic mass is 10.0. The van der Waals surface area contributed by atoms with E-state index in [9.17, 15) is 9.59 Å². The predicted molar refractivity (Wildman–Crippen MR) is 111 cm³/mol. The second-order valence-corrected chi connectivity index (χ2v) is 8.39. The van der Waals surface area contributed by atoms with Gasteiger partial charge in [-0.1, -0.05) is 29.3 Å². The molecule has 0 N–H and O–H groups in total. The number of hydrogen-bond acceptors (Lipinski definition) is 3. The number of amides is 1. The number of benzene rings is 1. The van der Waals surface area contributed by atoms with Gasteiger partial charge in [0.2, 0.25) is 0 Å². The van der Waals surface area contributed by atoms with Gasteiger partial charge in [0, 0.05) is 12.7 Å². The van der Waals surface area contributed by atoms with Crippen molar-refractivity contribution in [2.45, 2.75) is 38.4 Å². The quantitative estimate of drug-likeness (QED) is 0.619. The molecule has 3 aromatic rings. The van der Waals surface area contributed by atoms with E-state index in [1.54, 1.807) is 39.9 Å². The first-order valence-corrected chi connectivity index (χ1v) is 10.2. The molecule has 0 spiro atoms. The van der Waals surface area contributed by atoms with Crippen LogP contribution in [0.3, 0.4) is 0 Å². The van der Waals surface area contributed by atoms with Crippen LogP contribution in [-0.4, -0.2) is 31.0 Å². The zero-order valence-electron chi connectivity index (χ0n) is 15.7. The van der Waals surface area contributed by atoms with Gasteiger partial charge in [0.15, 0.2) is 0 Å². The van der Waals surface area contributed by atoms with Crippen molar-refractivity contribution in [3.05, 3.63) is 80.2 Å². The molecule has 2 aliphatic rings. The summed E-state index contributed by atoms with van der Waals surface area (Å²) in [7, 11) is 0. The predicted octanol–water partition coefficient (Wildman–Crippen LogP) is 4.01. The zero-order valence-corrected chi connectivity index (χ0v) is 17.2. The van der Waals surface area contributed by atoms with Crippen molar-refractivity contribution in [1.29, 1.82) is 0 Å². The average Bonchev–Trinajstić information content (AvgIpc) is 3.32. The second kappa shape index (κ2) is 6.75. The number of carbonyl (C=O) groups is 1. The number of aryl methyl sites for hydroxylation is 1. The number of carbonyl (C=O) groups excluding carboxylic acids is 1. The van der Waals surface area contributed by atoms with Gasteiger partial charge in [-0.3, -0.25) is 9.59 Å². The highest BCUT2D eigenvalue weighted by atomic mass is 35.5. The summed E-state index contributed by atoms with van der Waals surface area (Å²) in [5.41, 5.74) is 2.53. The number of aromatic nitrogens is 3. The molecule has 148 valence electrons. The van der Waals surface area contributed by atoms with E-state index in [0.29, 0.717) is 28.0 Å². The van der Waals surface area contributed by atoms with Crippen LogP contribution in [0.25, 0.3) is 5.69 Å². The molecule has 6 nitrogen and oxygen atoms in total. The summed E-state index contributed by atoms with van der Waals surface area (Å²) in [5.74, 6) is -0.125.